The van der Waals surface area contributed by atoms with Crippen LogP contribution in [0.2, 0.25) is 0 Å². The Morgan fingerprint density at radius 1 is 1.24 bits per heavy atom. The van der Waals surface area contributed by atoms with Crippen molar-refractivity contribution in [2.24, 2.45) is 0 Å². The molecule has 2 heterocycles. The molecular weight excluding hydrogens is 390 g/mol. The standard InChI is InChI=1S/C21H25N3O4S/c1-5-27-21(26)18-14(4)16-19(23-11-24-20(16)29-18)22-9-15(25)10-28-17-12(2)7-6-8-13(17)3/h6-8,11,15,25H,5,9-10H2,1-4H3,(H,22,23,24). The molecule has 0 amide bonds. The second kappa shape index (κ2) is 9.19. The fourth-order valence-corrected chi connectivity index (χ4v) is 4.12. The van der Waals surface area contributed by atoms with Gasteiger partial charge in [0.25, 0.3) is 0 Å². The lowest BCUT2D eigenvalue weighted by Crippen LogP contribution is -2.27. The van der Waals surface area contributed by atoms with Crippen LogP contribution in [0.25, 0.3) is 10.2 Å². The Morgan fingerprint density at radius 2 is 1.97 bits per heavy atom. The molecule has 0 saturated heterocycles. The third kappa shape index (κ3) is 4.65. The van der Waals surface area contributed by atoms with E-state index in [4.69, 9.17) is 9.47 Å². The molecule has 2 aromatic heterocycles. The monoisotopic (exact) mass is 415 g/mol. The van der Waals surface area contributed by atoms with Gasteiger partial charge in [0.2, 0.25) is 0 Å². The van der Waals surface area contributed by atoms with Gasteiger partial charge in [0.15, 0.2) is 0 Å². The number of rotatable bonds is 8. The molecular formula is C21H25N3O4S. The van der Waals surface area contributed by atoms with Crippen molar-refractivity contribution in [1.82, 2.24) is 9.97 Å². The van der Waals surface area contributed by atoms with Gasteiger partial charge in [-0.25, -0.2) is 14.8 Å². The normalized spacial score (nSPS) is 12.0. The van der Waals surface area contributed by atoms with Crippen LogP contribution in [-0.2, 0) is 4.74 Å². The highest BCUT2D eigenvalue weighted by Gasteiger charge is 2.20. The van der Waals surface area contributed by atoms with Crippen molar-refractivity contribution >= 4 is 33.3 Å². The summed E-state index contributed by atoms with van der Waals surface area (Å²) in [5, 5.41) is 14.3. The van der Waals surface area contributed by atoms with Gasteiger partial charge in [-0.2, -0.15) is 0 Å². The Morgan fingerprint density at radius 3 is 2.66 bits per heavy atom. The predicted molar refractivity (Wildman–Crippen MR) is 114 cm³/mol. The second-order valence-electron chi connectivity index (χ2n) is 6.75. The maximum absolute atomic E-state index is 12.2. The molecule has 1 unspecified atom stereocenters. The lowest BCUT2D eigenvalue weighted by atomic mass is 10.1. The van der Waals surface area contributed by atoms with E-state index in [9.17, 15) is 9.90 Å². The summed E-state index contributed by atoms with van der Waals surface area (Å²) in [6, 6.07) is 5.93. The van der Waals surface area contributed by atoms with Gasteiger partial charge in [0.1, 0.15) is 40.3 Å². The van der Waals surface area contributed by atoms with Crippen molar-refractivity contribution < 1.29 is 19.4 Å². The first kappa shape index (κ1) is 21.0. The van der Waals surface area contributed by atoms with Crippen LogP contribution in [0, 0.1) is 20.8 Å². The first-order valence-electron chi connectivity index (χ1n) is 9.44. The van der Waals surface area contributed by atoms with Crippen molar-refractivity contribution in [2.45, 2.75) is 33.8 Å². The van der Waals surface area contributed by atoms with Crippen molar-refractivity contribution in [2.75, 3.05) is 25.1 Å². The van der Waals surface area contributed by atoms with Crippen LogP contribution in [0.4, 0.5) is 5.82 Å². The van der Waals surface area contributed by atoms with E-state index in [2.05, 4.69) is 15.3 Å². The Labute approximate surface area is 173 Å². The SMILES string of the molecule is CCOC(=O)c1sc2ncnc(NCC(O)COc3c(C)cccc3C)c2c1C. The molecule has 1 aromatic carbocycles. The molecule has 0 radical (unpaired) electrons. The average Bonchev–Trinajstić information content (AvgIpc) is 3.03. The van der Waals surface area contributed by atoms with Crippen LogP contribution < -0.4 is 10.1 Å². The van der Waals surface area contributed by atoms with Gasteiger partial charge in [0.05, 0.1) is 12.0 Å². The van der Waals surface area contributed by atoms with Crippen LogP contribution in [0.15, 0.2) is 24.5 Å². The van der Waals surface area contributed by atoms with E-state index in [0.717, 1.165) is 27.8 Å². The van der Waals surface area contributed by atoms with Crippen LogP contribution in [0.3, 0.4) is 0 Å². The van der Waals surface area contributed by atoms with Crippen molar-refractivity contribution in [3.8, 4) is 5.75 Å². The molecule has 154 valence electrons. The molecule has 0 saturated carbocycles. The number of fused-ring (bicyclic) bond motifs is 1. The number of hydrogen-bond acceptors (Lipinski definition) is 8. The number of aryl methyl sites for hydroxylation is 3. The van der Waals surface area contributed by atoms with E-state index >= 15 is 0 Å². The Balaban J connectivity index is 1.69. The van der Waals surface area contributed by atoms with E-state index < -0.39 is 6.10 Å². The first-order chi connectivity index (χ1) is 13.9. The lowest BCUT2D eigenvalue weighted by Gasteiger charge is -2.16. The number of carbonyl (C=O) groups is 1. The van der Waals surface area contributed by atoms with Gasteiger partial charge >= 0.3 is 5.97 Å². The first-order valence-corrected chi connectivity index (χ1v) is 10.3. The topological polar surface area (TPSA) is 93.6 Å². The highest BCUT2D eigenvalue weighted by atomic mass is 32.1. The zero-order valence-electron chi connectivity index (χ0n) is 17.0. The van der Waals surface area contributed by atoms with E-state index in [1.165, 1.54) is 17.7 Å². The van der Waals surface area contributed by atoms with E-state index in [0.29, 0.717) is 22.1 Å². The number of ether oxygens (including phenoxy) is 2. The Bertz CT molecular complexity index is 998. The summed E-state index contributed by atoms with van der Waals surface area (Å²) in [5.74, 6) is 1.01. The van der Waals surface area contributed by atoms with Crippen LogP contribution >= 0.6 is 11.3 Å². The molecule has 0 aliphatic carbocycles. The summed E-state index contributed by atoms with van der Waals surface area (Å²) in [4.78, 5) is 21.9. The van der Waals surface area contributed by atoms with Crippen molar-refractivity contribution in [3.05, 3.63) is 46.1 Å². The van der Waals surface area contributed by atoms with Gasteiger partial charge in [-0.1, -0.05) is 18.2 Å². The Hall–Kier alpha value is -2.71. The number of nitrogens with one attached hydrogen (secondary N) is 1. The molecule has 7 nitrogen and oxygen atoms in total. The second-order valence-corrected chi connectivity index (χ2v) is 7.74. The highest BCUT2D eigenvalue weighted by Crippen LogP contribution is 2.33. The fraction of sp³-hybridized carbons (Fsp3) is 0.381. The summed E-state index contributed by atoms with van der Waals surface area (Å²) in [6.07, 6.45) is 0.706. The molecule has 8 heteroatoms. The highest BCUT2D eigenvalue weighted by molar-refractivity contribution is 7.20. The summed E-state index contributed by atoms with van der Waals surface area (Å²) >= 11 is 1.28. The minimum atomic E-state index is -0.734. The molecule has 0 aliphatic heterocycles. The van der Waals surface area contributed by atoms with Crippen LogP contribution in [-0.4, -0.2) is 46.9 Å². The lowest BCUT2D eigenvalue weighted by molar-refractivity contribution is 0.0531. The van der Waals surface area contributed by atoms with Gasteiger partial charge in [-0.15, -0.1) is 11.3 Å². The number of aliphatic hydroxyl groups excluding tert-OH is 1. The van der Waals surface area contributed by atoms with Gasteiger partial charge in [-0.3, -0.25) is 0 Å². The molecule has 29 heavy (non-hydrogen) atoms. The minimum absolute atomic E-state index is 0.156. The number of benzene rings is 1. The van der Waals surface area contributed by atoms with Gasteiger partial charge in [-0.05, 0) is 44.4 Å². The number of hydrogen-bond donors (Lipinski definition) is 2. The number of carbonyl (C=O) groups excluding carboxylic acids is 1. The summed E-state index contributed by atoms with van der Waals surface area (Å²) in [7, 11) is 0. The summed E-state index contributed by atoms with van der Waals surface area (Å²) in [5.41, 5.74) is 2.83. The molecule has 2 N–H and O–H groups in total. The summed E-state index contributed by atoms with van der Waals surface area (Å²) < 4.78 is 10.9. The van der Waals surface area contributed by atoms with E-state index in [1.54, 1.807) is 6.92 Å². The van der Waals surface area contributed by atoms with Gasteiger partial charge in [0, 0.05) is 6.54 Å². The van der Waals surface area contributed by atoms with Crippen LogP contribution in [0.1, 0.15) is 33.3 Å². The Kier molecular flexibility index (Phi) is 6.66. The zero-order chi connectivity index (χ0) is 21.0. The van der Waals surface area contributed by atoms with E-state index in [-0.39, 0.29) is 19.1 Å². The minimum Gasteiger partial charge on any atom is -0.490 e. The van der Waals surface area contributed by atoms with Crippen LogP contribution in [0.5, 0.6) is 5.75 Å². The maximum Gasteiger partial charge on any atom is 0.348 e. The third-order valence-electron chi connectivity index (χ3n) is 4.52. The quantitative estimate of drug-likeness (QED) is 0.543. The molecule has 0 bridgehead atoms. The number of para-hydroxylation sites is 1. The maximum atomic E-state index is 12.2. The number of nitrogens with zero attached hydrogens (tertiary/aromatic N) is 2. The predicted octanol–water partition coefficient (Wildman–Crippen LogP) is 3.65. The number of esters is 1. The van der Waals surface area contributed by atoms with Crippen molar-refractivity contribution in [3.63, 3.8) is 0 Å². The number of aromatic nitrogens is 2. The summed E-state index contributed by atoms with van der Waals surface area (Å²) in [6.45, 7) is 8.30. The third-order valence-corrected chi connectivity index (χ3v) is 5.70. The molecule has 0 spiro atoms. The number of anilines is 1. The number of aliphatic hydroxyl groups is 1. The van der Waals surface area contributed by atoms with Gasteiger partial charge < -0.3 is 19.9 Å². The molecule has 3 aromatic rings. The largest absolute Gasteiger partial charge is 0.490 e. The molecule has 3 rings (SSSR count). The average molecular weight is 416 g/mol. The molecule has 0 aliphatic rings. The van der Waals surface area contributed by atoms with E-state index in [1.807, 2.05) is 39.0 Å². The molecule has 1 atom stereocenters. The zero-order valence-corrected chi connectivity index (χ0v) is 17.8. The number of thiophene rings is 1. The van der Waals surface area contributed by atoms with Crippen molar-refractivity contribution in [1.29, 1.82) is 0 Å². The molecule has 0 fully saturated rings. The fourth-order valence-electron chi connectivity index (χ4n) is 3.08. The smallest absolute Gasteiger partial charge is 0.348 e.